The van der Waals surface area contributed by atoms with Crippen molar-refractivity contribution in [2.24, 2.45) is 11.0 Å². The highest BCUT2D eigenvalue weighted by atomic mass is 16.6. The molecule has 0 unspecified atom stereocenters. The number of nitro benzene ring substituents is 1. The Kier molecular flexibility index (Phi) is 4.98. The van der Waals surface area contributed by atoms with E-state index in [2.05, 4.69) is 10.5 Å². The van der Waals surface area contributed by atoms with Crippen LogP contribution in [0.1, 0.15) is 30.6 Å². The van der Waals surface area contributed by atoms with Crippen LogP contribution in [0.2, 0.25) is 0 Å². The van der Waals surface area contributed by atoms with Crippen molar-refractivity contribution in [3.05, 3.63) is 39.9 Å². The maximum absolute atomic E-state index is 11.7. The third-order valence-electron chi connectivity index (χ3n) is 2.18. The molecule has 0 aliphatic rings. The standard InChI is InChI=1S/C12H15N3O3/c1-9(2)7-8-13-14-12(16)10-5-3-4-6-11(10)15(17)18/h3-6,8-9H,7H2,1-2H3,(H,14,16)/b13-8-. The van der Waals surface area contributed by atoms with Gasteiger partial charge in [-0.1, -0.05) is 26.0 Å². The summed E-state index contributed by atoms with van der Waals surface area (Å²) in [6.07, 6.45) is 2.31. The van der Waals surface area contributed by atoms with Crippen LogP contribution in [0.15, 0.2) is 29.4 Å². The normalized spacial score (nSPS) is 10.8. The molecule has 6 heteroatoms. The molecule has 0 atom stereocenters. The molecule has 0 saturated heterocycles. The SMILES string of the molecule is CC(C)C/C=N\NC(=O)c1ccccc1[N+](=O)[O-]. The third-order valence-corrected chi connectivity index (χ3v) is 2.18. The first-order chi connectivity index (χ1) is 8.52. The second kappa shape index (κ2) is 6.48. The van der Waals surface area contributed by atoms with Gasteiger partial charge >= 0.3 is 0 Å². The molecule has 1 rings (SSSR count). The van der Waals surface area contributed by atoms with E-state index in [4.69, 9.17) is 0 Å². The Morgan fingerprint density at radius 3 is 2.78 bits per heavy atom. The van der Waals surface area contributed by atoms with Gasteiger partial charge in [-0.15, -0.1) is 0 Å². The number of carbonyl (C=O) groups excluding carboxylic acids is 1. The van der Waals surface area contributed by atoms with Crippen molar-refractivity contribution in [1.29, 1.82) is 0 Å². The van der Waals surface area contributed by atoms with E-state index in [9.17, 15) is 14.9 Å². The van der Waals surface area contributed by atoms with Gasteiger partial charge in [-0.25, -0.2) is 5.43 Å². The van der Waals surface area contributed by atoms with Gasteiger partial charge in [0.05, 0.1) is 4.92 Å². The Morgan fingerprint density at radius 1 is 1.50 bits per heavy atom. The first-order valence-corrected chi connectivity index (χ1v) is 5.57. The van der Waals surface area contributed by atoms with E-state index >= 15 is 0 Å². The second-order valence-electron chi connectivity index (χ2n) is 4.16. The maximum atomic E-state index is 11.7. The molecule has 0 radical (unpaired) electrons. The fourth-order valence-electron chi connectivity index (χ4n) is 1.25. The maximum Gasteiger partial charge on any atom is 0.282 e. The van der Waals surface area contributed by atoms with Gasteiger partial charge < -0.3 is 0 Å². The topological polar surface area (TPSA) is 84.6 Å². The predicted molar refractivity (Wildman–Crippen MR) is 68.5 cm³/mol. The molecule has 1 aromatic carbocycles. The molecule has 1 N–H and O–H groups in total. The van der Waals surface area contributed by atoms with E-state index in [1.807, 2.05) is 13.8 Å². The lowest BCUT2D eigenvalue weighted by Gasteiger charge is -2.01. The summed E-state index contributed by atoms with van der Waals surface area (Å²) in [5.41, 5.74) is 2.05. The molecule has 0 heterocycles. The van der Waals surface area contributed by atoms with Crippen LogP contribution in [0, 0.1) is 16.0 Å². The zero-order chi connectivity index (χ0) is 13.5. The lowest BCUT2D eigenvalue weighted by molar-refractivity contribution is -0.385. The number of hydrogen-bond acceptors (Lipinski definition) is 4. The highest BCUT2D eigenvalue weighted by Crippen LogP contribution is 2.17. The van der Waals surface area contributed by atoms with E-state index in [1.165, 1.54) is 18.2 Å². The molecule has 1 aromatic rings. The number of rotatable bonds is 5. The van der Waals surface area contributed by atoms with E-state index in [-0.39, 0.29) is 11.3 Å². The van der Waals surface area contributed by atoms with Crippen molar-refractivity contribution in [3.63, 3.8) is 0 Å². The van der Waals surface area contributed by atoms with Crippen LogP contribution in [-0.2, 0) is 0 Å². The molecule has 0 spiro atoms. The average molecular weight is 249 g/mol. The molecule has 96 valence electrons. The number of carbonyl (C=O) groups is 1. The van der Waals surface area contributed by atoms with Gasteiger partial charge in [-0.2, -0.15) is 5.10 Å². The molecule has 18 heavy (non-hydrogen) atoms. The quantitative estimate of drug-likeness (QED) is 0.494. The van der Waals surface area contributed by atoms with Crippen molar-refractivity contribution in [1.82, 2.24) is 5.43 Å². The minimum absolute atomic E-state index is 0.00389. The Bertz CT molecular complexity index is 469. The van der Waals surface area contributed by atoms with Crippen LogP contribution in [0.25, 0.3) is 0 Å². The van der Waals surface area contributed by atoms with Gasteiger partial charge in [0.25, 0.3) is 11.6 Å². The molecule has 0 aliphatic heterocycles. The van der Waals surface area contributed by atoms with Crippen molar-refractivity contribution in [3.8, 4) is 0 Å². The molecule has 0 bridgehead atoms. The van der Waals surface area contributed by atoms with Crippen molar-refractivity contribution < 1.29 is 9.72 Å². The van der Waals surface area contributed by atoms with Gasteiger partial charge in [0.1, 0.15) is 5.56 Å². The molecular formula is C12H15N3O3. The Labute approximate surface area is 105 Å². The third kappa shape index (κ3) is 3.97. The highest BCUT2D eigenvalue weighted by molar-refractivity contribution is 5.98. The van der Waals surface area contributed by atoms with Crippen molar-refractivity contribution >= 4 is 17.8 Å². The van der Waals surface area contributed by atoms with Crippen LogP contribution in [-0.4, -0.2) is 17.0 Å². The summed E-state index contributed by atoms with van der Waals surface area (Å²) >= 11 is 0. The van der Waals surface area contributed by atoms with E-state index in [1.54, 1.807) is 12.3 Å². The molecule has 0 aliphatic carbocycles. The number of hydrogen-bond donors (Lipinski definition) is 1. The smallest absolute Gasteiger partial charge is 0.267 e. The van der Waals surface area contributed by atoms with Gasteiger partial charge in [0, 0.05) is 12.3 Å². The summed E-state index contributed by atoms with van der Waals surface area (Å²) in [6.45, 7) is 4.05. The minimum Gasteiger partial charge on any atom is -0.267 e. The first kappa shape index (κ1) is 13.8. The molecular weight excluding hydrogens is 234 g/mol. The van der Waals surface area contributed by atoms with Gasteiger partial charge in [-0.3, -0.25) is 14.9 Å². The summed E-state index contributed by atoms with van der Waals surface area (Å²) < 4.78 is 0. The van der Waals surface area contributed by atoms with Gasteiger partial charge in [-0.05, 0) is 18.4 Å². The molecule has 0 fully saturated rings. The summed E-state index contributed by atoms with van der Waals surface area (Å²) in [5.74, 6) is -0.140. The number of nitro groups is 1. The van der Waals surface area contributed by atoms with Crippen LogP contribution >= 0.6 is 0 Å². The van der Waals surface area contributed by atoms with Gasteiger partial charge in [0.2, 0.25) is 0 Å². The lowest BCUT2D eigenvalue weighted by Crippen LogP contribution is -2.19. The van der Waals surface area contributed by atoms with Crippen LogP contribution in [0.3, 0.4) is 0 Å². The number of hydrazone groups is 1. The van der Waals surface area contributed by atoms with Crippen molar-refractivity contribution in [2.75, 3.05) is 0 Å². The second-order valence-corrected chi connectivity index (χ2v) is 4.16. The lowest BCUT2D eigenvalue weighted by atomic mass is 10.1. The zero-order valence-corrected chi connectivity index (χ0v) is 10.3. The summed E-state index contributed by atoms with van der Waals surface area (Å²) in [7, 11) is 0. The summed E-state index contributed by atoms with van der Waals surface area (Å²) in [4.78, 5) is 21.8. The first-order valence-electron chi connectivity index (χ1n) is 5.57. The fourth-order valence-corrected chi connectivity index (χ4v) is 1.25. The number of nitrogens with zero attached hydrogens (tertiary/aromatic N) is 2. The van der Waals surface area contributed by atoms with Crippen LogP contribution in [0.4, 0.5) is 5.69 Å². The number of nitrogens with one attached hydrogen (secondary N) is 1. The Balaban J connectivity index is 2.73. The van der Waals surface area contributed by atoms with E-state index in [0.29, 0.717) is 5.92 Å². The minimum atomic E-state index is -0.591. The summed E-state index contributed by atoms with van der Waals surface area (Å²) in [5, 5.41) is 14.5. The summed E-state index contributed by atoms with van der Waals surface area (Å²) in [6, 6.07) is 5.76. The largest absolute Gasteiger partial charge is 0.282 e. The van der Waals surface area contributed by atoms with Crippen molar-refractivity contribution in [2.45, 2.75) is 20.3 Å². The van der Waals surface area contributed by atoms with Crippen LogP contribution < -0.4 is 5.43 Å². The molecule has 0 saturated carbocycles. The Morgan fingerprint density at radius 2 is 2.17 bits per heavy atom. The highest BCUT2D eigenvalue weighted by Gasteiger charge is 2.18. The monoisotopic (exact) mass is 249 g/mol. The number of amides is 1. The molecule has 6 nitrogen and oxygen atoms in total. The van der Waals surface area contributed by atoms with E-state index in [0.717, 1.165) is 6.42 Å². The van der Waals surface area contributed by atoms with Gasteiger partial charge in [0.15, 0.2) is 0 Å². The number of para-hydroxylation sites is 1. The molecule has 1 amide bonds. The van der Waals surface area contributed by atoms with E-state index < -0.39 is 10.8 Å². The fraction of sp³-hybridized carbons (Fsp3) is 0.333. The van der Waals surface area contributed by atoms with Crippen LogP contribution in [0.5, 0.6) is 0 Å². The predicted octanol–water partition coefficient (Wildman–Crippen LogP) is 2.36. The Hall–Kier alpha value is -2.24. The molecule has 0 aromatic heterocycles. The zero-order valence-electron chi connectivity index (χ0n) is 10.3. The number of benzene rings is 1. The average Bonchev–Trinajstić information content (AvgIpc) is 2.34.